The molecule has 1 heterocycles. The van der Waals surface area contributed by atoms with Crippen molar-refractivity contribution in [3.63, 3.8) is 0 Å². The summed E-state index contributed by atoms with van der Waals surface area (Å²) in [7, 11) is -0.110. The first kappa shape index (κ1) is 6.68. The fourth-order valence-electron chi connectivity index (χ4n) is 1.01. The minimum atomic E-state index is -0.110. The van der Waals surface area contributed by atoms with E-state index in [1.165, 1.54) is 0 Å². The highest BCUT2D eigenvalue weighted by Gasteiger charge is 2.23. The summed E-state index contributed by atoms with van der Waals surface area (Å²) in [4.78, 5) is 0. The van der Waals surface area contributed by atoms with Gasteiger partial charge in [-0.15, -0.1) is 0 Å². The van der Waals surface area contributed by atoms with Crippen LogP contribution in [0.2, 0.25) is 6.82 Å². The van der Waals surface area contributed by atoms with Crippen LogP contribution in [0.3, 0.4) is 0 Å². The predicted molar refractivity (Wildman–Crippen MR) is 37.0 cm³/mol. The lowest BCUT2D eigenvalue weighted by atomic mass is 9.92. The molecule has 0 saturated carbocycles. The first-order chi connectivity index (χ1) is 4.18. The van der Waals surface area contributed by atoms with Gasteiger partial charge in [0.05, 0.1) is 5.76 Å². The molecule has 0 spiro atoms. The van der Waals surface area contributed by atoms with Crippen molar-refractivity contribution >= 4 is 7.12 Å². The molecule has 1 fully saturated rings. The molecule has 0 N–H and O–H groups in total. The fourth-order valence-corrected chi connectivity index (χ4v) is 1.01. The molecule has 1 atom stereocenters. The first-order valence-electron chi connectivity index (χ1n) is 3.18. The van der Waals surface area contributed by atoms with E-state index >= 15 is 0 Å². The van der Waals surface area contributed by atoms with E-state index in [-0.39, 0.29) is 13.2 Å². The highest BCUT2D eigenvalue weighted by atomic mass is 16.6. The Kier molecular flexibility index (Phi) is 1.81. The SMILES string of the molecule is C=C1CC(C)OB(C)O1. The van der Waals surface area contributed by atoms with Gasteiger partial charge in [-0.05, 0) is 13.7 Å². The molecule has 3 heteroatoms. The lowest BCUT2D eigenvalue weighted by Crippen LogP contribution is -2.30. The molecule has 9 heavy (non-hydrogen) atoms. The Morgan fingerprint density at radius 3 is 2.89 bits per heavy atom. The zero-order valence-electron chi connectivity index (χ0n) is 5.89. The van der Waals surface area contributed by atoms with Crippen LogP contribution in [-0.4, -0.2) is 13.2 Å². The molecular formula is C6H11BO2. The summed E-state index contributed by atoms with van der Waals surface area (Å²) in [6.07, 6.45) is 1.09. The highest BCUT2D eigenvalue weighted by molar-refractivity contribution is 6.43. The van der Waals surface area contributed by atoms with Gasteiger partial charge in [-0.1, -0.05) is 6.58 Å². The van der Waals surface area contributed by atoms with Crippen molar-refractivity contribution in [2.75, 3.05) is 0 Å². The molecule has 0 bridgehead atoms. The lowest BCUT2D eigenvalue weighted by Gasteiger charge is -2.25. The summed E-state index contributed by atoms with van der Waals surface area (Å²) in [5, 5.41) is 0. The van der Waals surface area contributed by atoms with E-state index in [0.717, 1.165) is 12.2 Å². The molecule has 0 aromatic carbocycles. The third kappa shape index (κ3) is 1.75. The molecule has 0 aliphatic carbocycles. The molecule has 1 aliphatic heterocycles. The van der Waals surface area contributed by atoms with Gasteiger partial charge in [0.1, 0.15) is 0 Å². The van der Waals surface area contributed by atoms with Crippen molar-refractivity contribution in [2.45, 2.75) is 26.3 Å². The van der Waals surface area contributed by atoms with Gasteiger partial charge in [-0.3, -0.25) is 0 Å². The zero-order valence-corrected chi connectivity index (χ0v) is 5.89. The minimum Gasteiger partial charge on any atom is -0.540 e. The van der Waals surface area contributed by atoms with E-state index < -0.39 is 0 Å². The number of rotatable bonds is 0. The largest absolute Gasteiger partial charge is 0.540 e. The van der Waals surface area contributed by atoms with Crippen LogP contribution in [0.15, 0.2) is 12.3 Å². The second-order valence-electron chi connectivity index (χ2n) is 2.37. The molecule has 0 aromatic rings. The molecule has 50 valence electrons. The Labute approximate surface area is 56.0 Å². The highest BCUT2D eigenvalue weighted by Crippen LogP contribution is 2.16. The molecule has 1 saturated heterocycles. The fraction of sp³-hybridized carbons (Fsp3) is 0.667. The number of hydrogen-bond donors (Lipinski definition) is 0. The van der Waals surface area contributed by atoms with Crippen molar-refractivity contribution in [1.82, 2.24) is 0 Å². The predicted octanol–water partition coefficient (Wildman–Crippen LogP) is 1.44. The van der Waals surface area contributed by atoms with Gasteiger partial charge in [0.2, 0.25) is 0 Å². The van der Waals surface area contributed by atoms with Gasteiger partial charge in [0.25, 0.3) is 0 Å². The summed E-state index contributed by atoms with van der Waals surface area (Å²) in [5.74, 6) is 0.834. The summed E-state index contributed by atoms with van der Waals surface area (Å²) in [5.41, 5.74) is 0. The first-order valence-corrected chi connectivity index (χ1v) is 3.18. The quantitative estimate of drug-likeness (QED) is 0.457. The minimum absolute atomic E-state index is 0.110. The van der Waals surface area contributed by atoms with Crippen LogP contribution in [0.25, 0.3) is 0 Å². The van der Waals surface area contributed by atoms with Crippen molar-refractivity contribution < 1.29 is 9.31 Å². The average molecular weight is 126 g/mol. The summed E-state index contributed by atoms with van der Waals surface area (Å²) >= 11 is 0. The lowest BCUT2D eigenvalue weighted by molar-refractivity contribution is 0.122. The molecule has 0 amide bonds. The molecule has 1 unspecified atom stereocenters. The Hall–Kier alpha value is -0.435. The summed E-state index contributed by atoms with van der Waals surface area (Å²) in [6, 6.07) is 0. The third-order valence-corrected chi connectivity index (χ3v) is 1.27. The molecule has 1 rings (SSSR count). The molecule has 1 aliphatic rings. The van der Waals surface area contributed by atoms with Crippen LogP contribution in [0.1, 0.15) is 13.3 Å². The summed E-state index contributed by atoms with van der Waals surface area (Å²) < 4.78 is 10.4. The van der Waals surface area contributed by atoms with Crippen LogP contribution in [0, 0.1) is 0 Å². The normalized spacial score (nSPS) is 28.0. The average Bonchev–Trinajstić information content (AvgIpc) is 1.59. The zero-order chi connectivity index (χ0) is 6.85. The maximum Gasteiger partial charge on any atom is 0.521 e. The van der Waals surface area contributed by atoms with Crippen LogP contribution in [0.4, 0.5) is 0 Å². The second kappa shape index (κ2) is 2.44. The van der Waals surface area contributed by atoms with Gasteiger partial charge >= 0.3 is 7.12 Å². The molecular weight excluding hydrogens is 115 g/mol. The summed E-state index contributed by atoms with van der Waals surface area (Å²) in [6.45, 7) is 7.61. The monoisotopic (exact) mass is 126 g/mol. The van der Waals surface area contributed by atoms with E-state index in [1.54, 1.807) is 0 Å². The van der Waals surface area contributed by atoms with Gasteiger partial charge in [0, 0.05) is 12.5 Å². The van der Waals surface area contributed by atoms with Gasteiger partial charge in [-0.25, -0.2) is 0 Å². The van der Waals surface area contributed by atoms with Crippen LogP contribution >= 0.6 is 0 Å². The van der Waals surface area contributed by atoms with Crippen LogP contribution < -0.4 is 0 Å². The van der Waals surface area contributed by atoms with Gasteiger partial charge < -0.3 is 9.31 Å². The maximum absolute atomic E-state index is 5.27. The van der Waals surface area contributed by atoms with Crippen molar-refractivity contribution in [2.24, 2.45) is 0 Å². The Morgan fingerprint density at radius 2 is 2.44 bits per heavy atom. The van der Waals surface area contributed by atoms with Gasteiger partial charge in [-0.2, -0.15) is 0 Å². The third-order valence-electron chi connectivity index (χ3n) is 1.27. The molecule has 0 aromatic heterocycles. The number of hydrogen-bond acceptors (Lipinski definition) is 2. The van der Waals surface area contributed by atoms with Crippen LogP contribution in [0.5, 0.6) is 0 Å². The van der Waals surface area contributed by atoms with Crippen LogP contribution in [-0.2, 0) is 9.31 Å². The standard InChI is InChI=1S/C6H11BO2/c1-5-4-6(2)9-7(3)8-5/h6H,1,4H2,2-3H3. The van der Waals surface area contributed by atoms with E-state index in [1.807, 2.05) is 13.7 Å². The molecule has 0 radical (unpaired) electrons. The van der Waals surface area contributed by atoms with Gasteiger partial charge in [0.15, 0.2) is 0 Å². The second-order valence-corrected chi connectivity index (χ2v) is 2.37. The Morgan fingerprint density at radius 1 is 1.78 bits per heavy atom. The smallest absolute Gasteiger partial charge is 0.521 e. The van der Waals surface area contributed by atoms with E-state index in [0.29, 0.717) is 0 Å². The van der Waals surface area contributed by atoms with Crippen molar-refractivity contribution in [3.05, 3.63) is 12.3 Å². The van der Waals surface area contributed by atoms with Crippen molar-refractivity contribution in [1.29, 1.82) is 0 Å². The molecule has 2 nitrogen and oxygen atoms in total. The van der Waals surface area contributed by atoms with E-state index in [4.69, 9.17) is 9.31 Å². The topological polar surface area (TPSA) is 18.5 Å². The van der Waals surface area contributed by atoms with Crippen molar-refractivity contribution in [3.8, 4) is 0 Å². The maximum atomic E-state index is 5.27. The Balaban J connectivity index is 2.43. The van der Waals surface area contributed by atoms with E-state index in [9.17, 15) is 0 Å². The Bertz CT molecular complexity index is 112. The van der Waals surface area contributed by atoms with E-state index in [2.05, 4.69) is 6.58 Å².